The molecule has 3 aromatic rings. The molecule has 0 fully saturated rings. The molecule has 33 heavy (non-hydrogen) atoms. The van der Waals surface area contributed by atoms with Crippen LogP contribution in [-0.4, -0.2) is 50.1 Å². The minimum atomic E-state index is -3.93. The standard InChI is InChI=1S/C24H27N3O5S/c1-18-6-12-22(13-7-18)33(30,31)27(16-21-5-4-14-32-21)17-23(28)26(3)15-19-8-10-20(11-9-19)24(29)25-2/h4-14H,15-17H2,1-3H3,(H,25,29). The molecule has 3 rings (SSSR count). The second-order valence-electron chi connectivity index (χ2n) is 7.69. The van der Waals surface area contributed by atoms with Crippen molar-refractivity contribution in [2.45, 2.75) is 24.9 Å². The number of carbonyl (C=O) groups is 2. The minimum Gasteiger partial charge on any atom is -0.468 e. The molecule has 174 valence electrons. The van der Waals surface area contributed by atoms with Gasteiger partial charge in [-0.3, -0.25) is 9.59 Å². The van der Waals surface area contributed by atoms with Gasteiger partial charge in [0.25, 0.3) is 5.91 Å². The van der Waals surface area contributed by atoms with Gasteiger partial charge < -0.3 is 14.6 Å². The summed E-state index contributed by atoms with van der Waals surface area (Å²) in [5.41, 5.74) is 2.27. The molecule has 0 saturated heterocycles. The van der Waals surface area contributed by atoms with Crippen molar-refractivity contribution < 1.29 is 22.4 Å². The molecule has 2 amide bonds. The fourth-order valence-electron chi connectivity index (χ4n) is 3.20. The number of nitrogens with one attached hydrogen (secondary N) is 1. The summed E-state index contributed by atoms with van der Waals surface area (Å²) in [4.78, 5) is 26.2. The number of carbonyl (C=O) groups excluding carboxylic acids is 2. The van der Waals surface area contributed by atoms with Gasteiger partial charge in [0.2, 0.25) is 15.9 Å². The van der Waals surface area contributed by atoms with E-state index in [2.05, 4.69) is 5.32 Å². The van der Waals surface area contributed by atoms with Gasteiger partial charge in [-0.1, -0.05) is 29.8 Å². The average molecular weight is 470 g/mol. The van der Waals surface area contributed by atoms with Crippen LogP contribution in [0.15, 0.2) is 76.2 Å². The van der Waals surface area contributed by atoms with E-state index in [1.165, 1.54) is 23.3 Å². The van der Waals surface area contributed by atoms with E-state index in [1.807, 2.05) is 6.92 Å². The van der Waals surface area contributed by atoms with Crippen LogP contribution in [-0.2, 0) is 27.9 Å². The molecule has 0 aliphatic heterocycles. The SMILES string of the molecule is CNC(=O)c1ccc(CN(C)C(=O)CN(Cc2ccco2)S(=O)(=O)c2ccc(C)cc2)cc1. The molecular weight excluding hydrogens is 442 g/mol. The van der Waals surface area contributed by atoms with Crippen LogP contribution in [0.4, 0.5) is 0 Å². The van der Waals surface area contributed by atoms with Gasteiger partial charge in [-0.05, 0) is 48.9 Å². The molecule has 0 radical (unpaired) electrons. The molecule has 0 aliphatic rings. The number of furan rings is 1. The molecule has 8 nitrogen and oxygen atoms in total. The lowest BCUT2D eigenvalue weighted by Crippen LogP contribution is -2.40. The first-order valence-electron chi connectivity index (χ1n) is 10.3. The van der Waals surface area contributed by atoms with Gasteiger partial charge in [0.15, 0.2) is 0 Å². The molecular formula is C24H27N3O5S. The zero-order valence-electron chi connectivity index (χ0n) is 18.8. The highest BCUT2D eigenvalue weighted by atomic mass is 32.2. The summed E-state index contributed by atoms with van der Waals surface area (Å²) in [6, 6.07) is 16.7. The van der Waals surface area contributed by atoms with E-state index in [1.54, 1.807) is 62.6 Å². The summed E-state index contributed by atoms with van der Waals surface area (Å²) in [6.07, 6.45) is 1.46. The zero-order valence-corrected chi connectivity index (χ0v) is 19.6. The highest BCUT2D eigenvalue weighted by molar-refractivity contribution is 7.89. The van der Waals surface area contributed by atoms with E-state index in [-0.39, 0.29) is 36.3 Å². The highest BCUT2D eigenvalue weighted by Gasteiger charge is 2.28. The number of sulfonamides is 1. The fraction of sp³-hybridized carbons (Fsp3) is 0.250. The molecule has 2 aromatic carbocycles. The van der Waals surface area contributed by atoms with Crippen LogP contribution in [0.5, 0.6) is 0 Å². The van der Waals surface area contributed by atoms with Crippen molar-refractivity contribution in [1.82, 2.24) is 14.5 Å². The van der Waals surface area contributed by atoms with Gasteiger partial charge in [-0.2, -0.15) is 4.31 Å². The summed E-state index contributed by atoms with van der Waals surface area (Å²) in [6.45, 7) is 1.73. The van der Waals surface area contributed by atoms with E-state index < -0.39 is 10.0 Å². The van der Waals surface area contributed by atoms with Crippen molar-refractivity contribution in [2.75, 3.05) is 20.6 Å². The largest absolute Gasteiger partial charge is 0.468 e. The minimum absolute atomic E-state index is 0.0659. The summed E-state index contributed by atoms with van der Waals surface area (Å²) in [7, 11) is -0.765. The van der Waals surface area contributed by atoms with Crippen LogP contribution in [0.25, 0.3) is 0 Å². The molecule has 0 aliphatic carbocycles. The van der Waals surface area contributed by atoms with Gasteiger partial charge in [-0.15, -0.1) is 0 Å². The van der Waals surface area contributed by atoms with E-state index in [0.29, 0.717) is 11.3 Å². The molecule has 0 bridgehead atoms. The lowest BCUT2D eigenvalue weighted by atomic mass is 10.1. The smallest absolute Gasteiger partial charge is 0.251 e. The van der Waals surface area contributed by atoms with Crippen molar-refractivity contribution in [1.29, 1.82) is 0 Å². The highest BCUT2D eigenvalue weighted by Crippen LogP contribution is 2.20. The molecule has 0 saturated carbocycles. The number of likely N-dealkylation sites (N-methyl/N-ethyl adjacent to an activating group) is 1. The summed E-state index contributed by atoms with van der Waals surface area (Å²) in [5, 5.41) is 2.56. The number of rotatable bonds is 9. The third-order valence-corrected chi connectivity index (χ3v) is 6.98. The van der Waals surface area contributed by atoms with Crippen LogP contribution >= 0.6 is 0 Å². The Morgan fingerprint density at radius 3 is 2.21 bits per heavy atom. The van der Waals surface area contributed by atoms with Gasteiger partial charge in [0.1, 0.15) is 5.76 Å². The second kappa shape index (κ2) is 10.5. The van der Waals surface area contributed by atoms with Crippen LogP contribution in [0.2, 0.25) is 0 Å². The van der Waals surface area contributed by atoms with Crippen molar-refractivity contribution in [3.05, 3.63) is 89.4 Å². The summed E-state index contributed by atoms with van der Waals surface area (Å²) >= 11 is 0. The fourth-order valence-corrected chi connectivity index (χ4v) is 4.56. The molecule has 0 atom stereocenters. The molecule has 0 spiro atoms. The van der Waals surface area contributed by atoms with Crippen molar-refractivity contribution in [3.8, 4) is 0 Å². The first-order chi connectivity index (χ1) is 15.7. The second-order valence-corrected chi connectivity index (χ2v) is 9.63. The maximum atomic E-state index is 13.3. The molecule has 9 heteroatoms. The molecule has 1 N–H and O–H groups in total. The Hall–Kier alpha value is -3.43. The number of benzene rings is 2. The quantitative estimate of drug-likeness (QED) is 0.520. The molecule has 0 unspecified atom stereocenters. The number of hydrogen-bond donors (Lipinski definition) is 1. The van der Waals surface area contributed by atoms with E-state index in [9.17, 15) is 18.0 Å². The van der Waals surface area contributed by atoms with E-state index >= 15 is 0 Å². The monoisotopic (exact) mass is 469 g/mol. The van der Waals surface area contributed by atoms with Gasteiger partial charge >= 0.3 is 0 Å². The Balaban J connectivity index is 1.76. The zero-order chi connectivity index (χ0) is 24.0. The Kier molecular flexibility index (Phi) is 7.67. The predicted octanol–water partition coefficient (Wildman–Crippen LogP) is 2.80. The summed E-state index contributed by atoms with van der Waals surface area (Å²) < 4.78 is 33.0. The topological polar surface area (TPSA) is 99.9 Å². The van der Waals surface area contributed by atoms with E-state index in [0.717, 1.165) is 15.4 Å². The first kappa shape index (κ1) is 24.2. The van der Waals surface area contributed by atoms with Crippen molar-refractivity contribution in [3.63, 3.8) is 0 Å². The van der Waals surface area contributed by atoms with Gasteiger partial charge in [-0.25, -0.2) is 8.42 Å². The predicted molar refractivity (Wildman–Crippen MR) is 124 cm³/mol. The number of nitrogens with zero attached hydrogens (tertiary/aromatic N) is 2. The molecule has 1 aromatic heterocycles. The summed E-state index contributed by atoms with van der Waals surface area (Å²) in [5.74, 6) is -0.126. The maximum Gasteiger partial charge on any atom is 0.251 e. The Bertz CT molecular complexity index is 1190. The molecule has 1 heterocycles. The maximum absolute atomic E-state index is 13.3. The van der Waals surface area contributed by atoms with Crippen LogP contribution < -0.4 is 5.32 Å². The number of amides is 2. The Labute approximate surface area is 193 Å². The van der Waals surface area contributed by atoms with Crippen molar-refractivity contribution in [2.24, 2.45) is 0 Å². The van der Waals surface area contributed by atoms with Crippen LogP contribution in [0.3, 0.4) is 0 Å². The van der Waals surface area contributed by atoms with Crippen LogP contribution in [0.1, 0.15) is 27.2 Å². The third kappa shape index (κ3) is 6.09. The van der Waals surface area contributed by atoms with Crippen LogP contribution in [0, 0.1) is 6.92 Å². The number of aryl methyl sites for hydroxylation is 1. The van der Waals surface area contributed by atoms with Crippen molar-refractivity contribution >= 4 is 21.8 Å². The Morgan fingerprint density at radius 2 is 1.64 bits per heavy atom. The lowest BCUT2D eigenvalue weighted by Gasteiger charge is -2.24. The van der Waals surface area contributed by atoms with Gasteiger partial charge in [0, 0.05) is 26.2 Å². The first-order valence-corrected chi connectivity index (χ1v) is 11.8. The average Bonchev–Trinajstić information content (AvgIpc) is 3.32. The number of hydrogen-bond acceptors (Lipinski definition) is 5. The normalized spacial score (nSPS) is 11.4. The Morgan fingerprint density at radius 1 is 0.970 bits per heavy atom. The van der Waals surface area contributed by atoms with Gasteiger partial charge in [0.05, 0.1) is 24.2 Å². The lowest BCUT2D eigenvalue weighted by molar-refractivity contribution is -0.130. The van der Waals surface area contributed by atoms with E-state index in [4.69, 9.17) is 4.42 Å². The third-order valence-electron chi connectivity index (χ3n) is 5.17.